The lowest BCUT2D eigenvalue weighted by atomic mass is 10.0. The van der Waals surface area contributed by atoms with Crippen LogP contribution in [0.5, 0.6) is 0 Å². The third-order valence-corrected chi connectivity index (χ3v) is 4.81. The van der Waals surface area contributed by atoms with E-state index in [1.54, 1.807) is 11.0 Å². The van der Waals surface area contributed by atoms with Crippen LogP contribution >= 0.6 is 11.6 Å². The Kier molecular flexibility index (Phi) is 5.50. The molecule has 2 aromatic rings. The summed E-state index contributed by atoms with van der Waals surface area (Å²) < 4.78 is 43.7. The van der Waals surface area contributed by atoms with Crippen LogP contribution in [0.3, 0.4) is 0 Å². The maximum absolute atomic E-state index is 12.9. The van der Waals surface area contributed by atoms with Gasteiger partial charge in [-0.25, -0.2) is 0 Å². The number of nitro benzene ring substituents is 1. The molecule has 1 saturated heterocycles. The fourth-order valence-corrected chi connectivity index (χ4v) is 3.33. The van der Waals surface area contributed by atoms with Crippen molar-refractivity contribution >= 4 is 28.9 Å². The number of carbonyl (C=O) groups is 1. The minimum Gasteiger partial charge on any atom is -0.472 e. The van der Waals surface area contributed by atoms with Gasteiger partial charge in [0.25, 0.3) is 11.6 Å². The van der Waals surface area contributed by atoms with Gasteiger partial charge in [-0.15, -0.1) is 0 Å². The van der Waals surface area contributed by atoms with Gasteiger partial charge in [0.05, 0.1) is 27.3 Å². The zero-order valence-electron chi connectivity index (χ0n) is 14.3. The second-order valence-corrected chi connectivity index (χ2v) is 6.73. The van der Waals surface area contributed by atoms with E-state index in [0.717, 1.165) is 6.07 Å². The maximum Gasteiger partial charge on any atom is 0.418 e. The van der Waals surface area contributed by atoms with Crippen LogP contribution in [0.2, 0.25) is 5.02 Å². The van der Waals surface area contributed by atoms with Gasteiger partial charge in [0.15, 0.2) is 0 Å². The molecule has 1 aromatic carbocycles. The number of amides is 1. The van der Waals surface area contributed by atoms with Crippen molar-refractivity contribution in [3.05, 3.63) is 57.0 Å². The van der Waals surface area contributed by atoms with Gasteiger partial charge < -0.3 is 14.6 Å². The monoisotopic (exact) mass is 417 g/mol. The molecule has 2 heterocycles. The molecule has 1 aromatic heterocycles. The second kappa shape index (κ2) is 7.70. The summed E-state index contributed by atoms with van der Waals surface area (Å²) in [5.41, 5.74) is -1.61. The molecular weight excluding hydrogens is 403 g/mol. The number of carbonyl (C=O) groups excluding carboxylic acids is 1. The van der Waals surface area contributed by atoms with Crippen molar-refractivity contribution in [2.75, 3.05) is 18.4 Å². The third kappa shape index (κ3) is 4.22. The average molecular weight is 418 g/mol. The molecule has 11 heteroatoms. The molecule has 0 radical (unpaired) electrons. The molecule has 0 aliphatic carbocycles. The first-order valence-electron chi connectivity index (χ1n) is 8.30. The minimum atomic E-state index is -4.79. The van der Waals surface area contributed by atoms with Crippen LogP contribution < -0.4 is 5.32 Å². The lowest BCUT2D eigenvalue weighted by Gasteiger charge is -2.32. The quantitative estimate of drug-likeness (QED) is 0.581. The van der Waals surface area contributed by atoms with E-state index in [4.69, 9.17) is 16.0 Å². The van der Waals surface area contributed by atoms with E-state index in [-0.39, 0.29) is 17.6 Å². The number of anilines is 1. The number of halogens is 4. The highest BCUT2D eigenvalue weighted by Gasteiger charge is 2.36. The second-order valence-electron chi connectivity index (χ2n) is 6.33. The van der Waals surface area contributed by atoms with Gasteiger partial charge in [-0.3, -0.25) is 14.9 Å². The van der Waals surface area contributed by atoms with Crippen LogP contribution in [0.25, 0.3) is 0 Å². The molecule has 0 bridgehead atoms. The van der Waals surface area contributed by atoms with Crippen LogP contribution in [-0.4, -0.2) is 34.9 Å². The zero-order valence-corrected chi connectivity index (χ0v) is 15.1. The van der Waals surface area contributed by atoms with E-state index in [2.05, 4.69) is 5.32 Å². The SMILES string of the molecule is O=C(c1ccoc1)N1CCC(Nc2cc(Cl)c(C(F)(F)F)cc2[N+](=O)[O-])CC1. The summed E-state index contributed by atoms with van der Waals surface area (Å²) in [5.74, 6) is -0.184. The predicted molar refractivity (Wildman–Crippen MR) is 94.4 cm³/mol. The Morgan fingerprint density at radius 1 is 1.32 bits per heavy atom. The number of nitro groups is 1. The summed E-state index contributed by atoms with van der Waals surface area (Å²) >= 11 is 5.69. The molecule has 1 aliphatic heterocycles. The predicted octanol–water partition coefficient (Wildman–Crippen LogP) is 4.58. The number of benzene rings is 1. The van der Waals surface area contributed by atoms with Crippen molar-refractivity contribution in [1.29, 1.82) is 0 Å². The number of rotatable bonds is 4. The van der Waals surface area contributed by atoms with Crippen LogP contribution in [0.15, 0.2) is 35.1 Å². The van der Waals surface area contributed by atoms with Crippen LogP contribution in [-0.2, 0) is 6.18 Å². The van der Waals surface area contributed by atoms with E-state index in [0.29, 0.717) is 37.6 Å². The number of hydrogen-bond acceptors (Lipinski definition) is 5. The maximum atomic E-state index is 12.9. The highest BCUT2D eigenvalue weighted by Crippen LogP contribution is 2.40. The first-order chi connectivity index (χ1) is 13.2. The van der Waals surface area contributed by atoms with Gasteiger partial charge in [-0.05, 0) is 25.0 Å². The number of furan rings is 1. The van der Waals surface area contributed by atoms with Gasteiger partial charge in [-0.2, -0.15) is 13.2 Å². The Balaban J connectivity index is 1.72. The molecule has 1 aliphatic rings. The van der Waals surface area contributed by atoms with Gasteiger partial charge in [0.1, 0.15) is 12.0 Å². The Labute approximate surface area is 162 Å². The van der Waals surface area contributed by atoms with Crippen LogP contribution in [0.4, 0.5) is 24.5 Å². The van der Waals surface area contributed by atoms with Crippen molar-refractivity contribution in [2.45, 2.75) is 25.1 Å². The number of likely N-dealkylation sites (tertiary alicyclic amines) is 1. The van der Waals surface area contributed by atoms with Crippen molar-refractivity contribution < 1.29 is 27.3 Å². The van der Waals surface area contributed by atoms with E-state index in [1.807, 2.05) is 0 Å². The number of hydrogen-bond donors (Lipinski definition) is 1. The molecule has 0 saturated carbocycles. The fraction of sp³-hybridized carbons (Fsp3) is 0.353. The number of nitrogens with zero attached hydrogens (tertiary/aromatic N) is 2. The topological polar surface area (TPSA) is 88.6 Å². The highest BCUT2D eigenvalue weighted by atomic mass is 35.5. The van der Waals surface area contributed by atoms with E-state index in [1.165, 1.54) is 12.5 Å². The molecule has 28 heavy (non-hydrogen) atoms. The summed E-state index contributed by atoms with van der Waals surface area (Å²) in [4.78, 5) is 24.2. The number of piperidine rings is 1. The first kappa shape index (κ1) is 20.0. The summed E-state index contributed by atoms with van der Waals surface area (Å²) in [6.07, 6.45) is -1.10. The summed E-state index contributed by atoms with van der Waals surface area (Å²) in [6, 6.07) is 2.66. The Morgan fingerprint density at radius 3 is 2.54 bits per heavy atom. The van der Waals surface area contributed by atoms with Crippen molar-refractivity contribution in [3.8, 4) is 0 Å². The molecule has 1 N–H and O–H groups in total. The first-order valence-corrected chi connectivity index (χ1v) is 8.67. The van der Waals surface area contributed by atoms with Crippen molar-refractivity contribution in [3.63, 3.8) is 0 Å². The standard InChI is InChI=1S/C17H15ClF3N3O4/c18-13-8-14(15(24(26)27)7-12(13)17(19,20)21)22-11-1-4-23(5-2-11)16(25)10-3-6-28-9-10/h3,6-9,11,22H,1-2,4-5H2. The van der Waals surface area contributed by atoms with Gasteiger partial charge in [0, 0.05) is 25.2 Å². The molecule has 1 amide bonds. The molecule has 7 nitrogen and oxygen atoms in total. The lowest BCUT2D eigenvalue weighted by Crippen LogP contribution is -2.42. The van der Waals surface area contributed by atoms with Crippen LogP contribution in [0.1, 0.15) is 28.8 Å². The van der Waals surface area contributed by atoms with Gasteiger partial charge in [-0.1, -0.05) is 11.6 Å². The van der Waals surface area contributed by atoms with Gasteiger partial charge >= 0.3 is 6.18 Å². The number of alkyl halides is 3. The van der Waals surface area contributed by atoms with Crippen molar-refractivity contribution in [1.82, 2.24) is 4.90 Å². The normalized spacial score (nSPS) is 15.5. The third-order valence-electron chi connectivity index (χ3n) is 4.50. The molecule has 0 spiro atoms. The zero-order chi connectivity index (χ0) is 20.5. The minimum absolute atomic E-state index is 0.0809. The molecule has 1 fully saturated rings. The van der Waals surface area contributed by atoms with E-state index in [9.17, 15) is 28.1 Å². The smallest absolute Gasteiger partial charge is 0.418 e. The Hall–Kier alpha value is -2.75. The van der Waals surface area contributed by atoms with Crippen molar-refractivity contribution in [2.24, 2.45) is 0 Å². The Morgan fingerprint density at radius 2 is 2.00 bits per heavy atom. The molecular formula is C17H15ClF3N3O4. The summed E-state index contributed by atoms with van der Waals surface area (Å²) in [5, 5.41) is 13.5. The van der Waals surface area contributed by atoms with E-state index < -0.39 is 27.4 Å². The fourth-order valence-electron chi connectivity index (χ4n) is 3.06. The van der Waals surface area contributed by atoms with Crippen LogP contribution in [0, 0.1) is 10.1 Å². The average Bonchev–Trinajstić information content (AvgIpc) is 3.15. The highest BCUT2D eigenvalue weighted by molar-refractivity contribution is 6.31. The number of nitrogens with one attached hydrogen (secondary N) is 1. The molecule has 3 rings (SSSR count). The summed E-state index contributed by atoms with van der Waals surface area (Å²) in [6.45, 7) is 0.785. The Bertz CT molecular complexity index is 879. The largest absolute Gasteiger partial charge is 0.472 e. The molecule has 150 valence electrons. The lowest BCUT2D eigenvalue weighted by molar-refractivity contribution is -0.384. The molecule has 0 unspecified atom stereocenters. The molecule has 0 atom stereocenters. The van der Waals surface area contributed by atoms with Gasteiger partial charge in [0.2, 0.25) is 0 Å². The van der Waals surface area contributed by atoms with E-state index >= 15 is 0 Å². The summed E-state index contributed by atoms with van der Waals surface area (Å²) in [7, 11) is 0.